The van der Waals surface area contributed by atoms with Gasteiger partial charge in [-0.2, -0.15) is 8.42 Å². The zero-order chi connectivity index (χ0) is 10.1. The predicted octanol–water partition coefficient (Wildman–Crippen LogP) is -0.166. The van der Waals surface area contributed by atoms with E-state index in [-0.39, 0.29) is 17.9 Å². The van der Waals surface area contributed by atoms with Crippen molar-refractivity contribution in [2.24, 2.45) is 0 Å². The molecule has 0 saturated carbocycles. The maximum atomic E-state index is 10.9. The van der Waals surface area contributed by atoms with Crippen molar-refractivity contribution in [2.75, 3.05) is 12.4 Å². The van der Waals surface area contributed by atoms with Crippen molar-refractivity contribution < 1.29 is 22.1 Å². The number of hydrogen-bond donors (Lipinski definition) is 0. The molecule has 13 heavy (non-hydrogen) atoms. The van der Waals surface area contributed by atoms with Crippen molar-refractivity contribution in [1.29, 1.82) is 0 Å². The van der Waals surface area contributed by atoms with Gasteiger partial charge in [0.15, 0.2) is 0 Å². The molecule has 1 rings (SSSR count). The third-order valence-electron chi connectivity index (χ3n) is 1.45. The fourth-order valence-electron chi connectivity index (χ4n) is 0.823. The lowest BCUT2D eigenvalue weighted by Crippen LogP contribution is -2.21. The lowest BCUT2D eigenvalue weighted by molar-refractivity contribution is -0.143. The van der Waals surface area contributed by atoms with E-state index in [2.05, 4.69) is 10.8 Å². The Morgan fingerprint density at radius 3 is 2.62 bits per heavy atom. The molecule has 0 aliphatic carbocycles. The number of ether oxygens (including phenoxy) is 1. The second-order valence-corrected chi connectivity index (χ2v) is 4.50. The van der Waals surface area contributed by atoms with Crippen molar-refractivity contribution in [1.82, 2.24) is 0 Å². The monoisotopic (exact) mass is 206 g/mol. The van der Waals surface area contributed by atoms with Crippen LogP contribution in [-0.4, -0.2) is 32.9 Å². The Bertz CT molecular complexity index is 329. The van der Waals surface area contributed by atoms with Gasteiger partial charge < -0.3 is 4.74 Å². The smallest absolute Gasteiger partial charge is 0.333 e. The molecule has 0 bridgehead atoms. The van der Waals surface area contributed by atoms with Crippen LogP contribution in [0.25, 0.3) is 0 Å². The van der Waals surface area contributed by atoms with Crippen LogP contribution in [0, 0.1) is 0 Å². The van der Waals surface area contributed by atoms with Gasteiger partial charge in [-0.15, -0.1) is 0 Å². The number of carbonyl (C=O) groups excluding carboxylic acids is 1. The summed E-state index contributed by atoms with van der Waals surface area (Å²) in [6.07, 6.45) is -0.700. The summed E-state index contributed by atoms with van der Waals surface area (Å²) in [4.78, 5) is 10.9. The Morgan fingerprint density at radius 1 is 1.62 bits per heavy atom. The van der Waals surface area contributed by atoms with Crippen LogP contribution in [0.1, 0.15) is 6.92 Å². The van der Waals surface area contributed by atoms with E-state index in [4.69, 9.17) is 4.74 Å². The maximum absolute atomic E-state index is 10.9. The molecule has 0 N–H and O–H groups in total. The molecule has 1 saturated heterocycles. The second kappa shape index (κ2) is 3.47. The Labute approximate surface area is 76.5 Å². The van der Waals surface area contributed by atoms with Crippen molar-refractivity contribution in [3.8, 4) is 0 Å². The number of rotatable bonds is 2. The second-order valence-electron chi connectivity index (χ2n) is 2.82. The molecule has 0 radical (unpaired) electrons. The highest BCUT2D eigenvalue weighted by atomic mass is 32.2. The first-order valence-corrected chi connectivity index (χ1v) is 5.22. The first kappa shape index (κ1) is 10.2. The van der Waals surface area contributed by atoms with Gasteiger partial charge in [-0.1, -0.05) is 6.58 Å². The summed E-state index contributed by atoms with van der Waals surface area (Å²) in [5.41, 5.74) is 0.240. The van der Waals surface area contributed by atoms with E-state index in [1.807, 2.05) is 0 Å². The maximum Gasteiger partial charge on any atom is 0.333 e. The molecule has 74 valence electrons. The first-order valence-electron chi connectivity index (χ1n) is 3.64. The van der Waals surface area contributed by atoms with Crippen LogP contribution >= 0.6 is 0 Å². The van der Waals surface area contributed by atoms with Gasteiger partial charge in [0.2, 0.25) is 0 Å². The van der Waals surface area contributed by atoms with Gasteiger partial charge in [0, 0.05) is 5.57 Å². The topological polar surface area (TPSA) is 69.7 Å². The quantitative estimate of drug-likeness (QED) is 0.356. The molecule has 0 aromatic heterocycles. The SMILES string of the molecule is C=C(C)C(=O)OC1COS(=O)(=O)C1. The van der Waals surface area contributed by atoms with Gasteiger partial charge in [0.1, 0.15) is 18.5 Å². The van der Waals surface area contributed by atoms with E-state index >= 15 is 0 Å². The van der Waals surface area contributed by atoms with Crippen molar-refractivity contribution in [2.45, 2.75) is 13.0 Å². The highest BCUT2D eigenvalue weighted by Gasteiger charge is 2.31. The third kappa shape index (κ3) is 2.82. The van der Waals surface area contributed by atoms with Gasteiger partial charge in [-0.3, -0.25) is 4.18 Å². The fraction of sp³-hybridized carbons (Fsp3) is 0.571. The number of carbonyl (C=O) groups is 1. The highest BCUT2D eigenvalue weighted by Crippen LogP contribution is 2.12. The van der Waals surface area contributed by atoms with Crippen LogP contribution in [0.4, 0.5) is 0 Å². The zero-order valence-corrected chi connectivity index (χ0v) is 7.96. The van der Waals surface area contributed by atoms with E-state index in [1.165, 1.54) is 6.92 Å². The molecule has 6 heteroatoms. The summed E-state index contributed by atoms with van der Waals surface area (Å²) < 4.78 is 30.7. The van der Waals surface area contributed by atoms with Crippen molar-refractivity contribution in [3.05, 3.63) is 12.2 Å². The summed E-state index contributed by atoms with van der Waals surface area (Å²) in [5, 5.41) is 0. The van der Waals surface area contributed by atoms with Crippen LogP contribution in [0.15, 0.2) is 12.2 Å². The Morgan fingerprint density at radius 2 is 2.23 bits per heavy atom. The average molecular weight is 206 g/mol. The lowest BCUT2D eigenvalue weighted by Gasteiger charge is -2.07. The molecule has 0 amide bonds. The van der Waals surface area contributed by atoms with E-state index < -0.39 is 22.2 Å². The number of hydrogen-bond acceptors (Lipinski definition) is 5. The summed E-state index contributed by atoms with van der Waals surface area (Å²) in [7, 11) is -3.47. The van der Waals surface area contributed by atoms with Gasteiger partial charge in [-0.05, 0) is 6.92 Å². The minimum Gasteiger partial charge on any atom is -0.455 e. The molecule has 1 heterocycles. The molecule has 1 atom stereocenters. The van der Waals surface area contributed by atoms with E-state index in [0.29, 0.717) is 0 Å². The fourth-order valence-corrected chi connectivity index (χ4v) is 1.90. The molecular weight excluding hydrogens is 196 g/mol. The molecule has 1 aliphatic heterocycles. The Hall–Kier alpha value is -0.880. The molecule has 1 aliphatic rings. The van der Waals surface area contributed by atoms with Crippen molar-refractivity contribution >= 4 is 16.1 Å². The van der Waals surface area contributed by atoms with Crippen LogP contribution in [-0.2, 0) is 23.8 Å². The predicted molar refractivity (Wildman–Crippen MR) is 44.4 cm³/mol. The molecule has 5 nitrogen and oxygen atoms in total. The van der Waals surface area contributed by atoms with Gasteiger partial charge in [-0.25, -0.2) is 4.79 Å². The van der Waals surface area contributed by atoms with Crippen LogP contribution in [0.5, 0.6) is 0 Å². The van der Waals surface area contributed by atoms with Gasteiger partial charge >= 0.3 is 5.97 Å². The summed E-state index contributed by atoms with van der Waals surface area (Å²) in [6, 6.07) is 0. The molecule has 0 aromatic rings. The van der Waals surface area contributed by atoms with Crippen LogP contribution in [0.2, 0.25) is 0 Å². The average Bonchev–Trinajstić information content (AvgIpc) is 2.30. The molecule has 1 fully saturated rings. The number of esters is 1. The normalized spacial score (nSPS) is 25.5. The van der Waals surface area contributed by atoms with E-state index in [1.54, 1.807) is 0 Å². The summed E-state index contributed by atoms with van der Waals surface area (Å²) >= 11 is 0. The molecule has 1 unspecified atom stereocenters. The molecular formula is C7H10O5S. The van der Waals surface area contributed by atoms with Crippen LogP contribution < -0.4 is 0 Å². The molecule has 0 spiro atoms. The van der Waals surface area contributed by atoms with E-state index in [0.717, 1.165) is 0 Å². The lowest BCUT2D eigenvalue weighted by atomic mass is 10.3. The minimum atomic E-state index is -3.47. The largest absolute Gasteiger partial charge is 0.455 e. The molecule has 0 aromatic carbocycles. The summed E-state index contributed by atoms with van der Waals surface area (Å²) in [5.74, 6) is -0.864. The Balaban J connectivity index is 2.50. The minimum absolute atomic E-state index is 0.0959. The third-order valence-corrected chi connectivity index (χ3v) is 2.72. The summed E-state index contributed by atoms with van der Waals surface area (Å²) in [6.45, 7) is 4.77. The van der Waals surface area contributed by atoms with Crippen LogP contribution in [0.3, 0.4) is 0 Å². The Kier molecular flexibility index (Phi) is 2.72. The van der Waals surface area contributed by atoms with Gasteiger partial charge in [0.05, 0.1) is 0 Å². The highest BCUT2D eigenvalue weighted by molar-refractivity contribution is 7.87. The van der Waals surface area contributed by atoms with Crippen molar-refractivity contribution in [3.63, 3.8) is 0 Å². The zero-order valence-electron chi connectivity index (χ0n) is 7.15. The van der Waals surface area contributed by atoms with Gasteiger partial charge in [0.25, 0.3) is 10.1 Å². The standard InChI is InChI=1S/C7H10O5S/c1-5(2)7(8)12-6-3-11-13(9,10)4-6/h6H,1,3-4H2,2H3. The first-order chi connectivity index (χ1) is 5.91. The van der Waals surface area contributed by atoms with E-state index in [9.17, 15) is 13.2 Å².